The van der Waals surface area contributed by atoms with Crippen LogP contribution in [0.2, 0.25) is 5.02 Å². The smallest absolute Gasteiger partial charge is 0.0474 e. The highest BCUT2D eigenvalue weighted by molar-refractivity contribution is 6.31. The fraction of sp³-hybridized carbons (Fsp3) is 0.625. The summed E-state index contributed by atoms with van der Waals surface area (Å²) in [7, 11) is 0. The zero-order valence-corrected chi connectivity index (χ0v) is 13.6. The summed E-state index contributed by atoms with van der Waals surface area (Å²) in [5, 5.41) is 4.25. The summed E-state index contributed by atoms with van der Waals surface area (Å²) in [5.41, 5.74) is 2.39. The van der Waals surface area contributed by atoms with Crippen LogP contribution in [-0.2, 0) is 0 Å². The lowest BCUT2D eigenvalue weighted by Gasteiger charge is -2.26. The summed E-state index contributed by atoms with van der Waals surface area (Å²) in [4.78, 5) is 2.37. The predicted octanol–water partition coefficient (Wildman–Crippen LogP) is 4.49. The second-order valence-corrected chi connectivity index (χ2v) is 5.82. The highest BCUT2D eigenvalue weighted by atomic mass is 35.5. The molecule has 0 fully saturated rings. The van der Waals surface area contributed by atoms with Crippen molar-refractivity contribution >= 4 is 17.3 Å². The van der Waals surface area contributed by atoms with Gasteiger partial charge >= 0.3 is 0 Å². The van der Waals surface area contributed by atoms with Crippen LogP contribution in [0, 0.1) is 5.92 Å². The molecule has 0 bridgehead atoms. The number of hydrogen-bond donors (Lipinski definition) is 1. The van der Waals surface area contributed by atoms with Crippen molar-refractivity contribution in [3.8, 4) is 0 Å². The van der Waals surface area contributed by atoms with Gasteiger partial charge in [-0.1, -0.05) is 38.4 Å². The molecule has 0 heterocycles. The minimum Gasteiger partial charge on any atom is -0.372 e. The van der Waals surface area contributed by atoms with Crippen LogP contribution >= 0.6 is 11.6 Å². The van der Waals surface area contributed by atoms with Crippen molar-refractivity contribution in [2.75, 3.05) is 24.5 Å². The molecule has 3 heteroatoms. The van der Waals surface area contributed by atoms with E-state index in [1.54, 1.807) is 0 Å². The number of nitrogens with zero attached hydrogens (tertiary/aromatic N) is 1. The SMILES string of the molecule is CCNC(C)c1ccc(N(CC)CC(C)C)cc1Cl. The van der Waals surface area contributed by atoms with E-state index in [0.717, 1.165) is 24.7 Å². The zero-order valence-electron chi connectivity index (χ0n) is 12.8. The molecule has 0 spiro atoms. The van der Waals surface area contributed by atoms with Gasteiger partial charge in [0.15, 0.2) is 0 Å². The lowest BCUT2D eigenvalue weighted by molar-refractivity contribution is 0.597. The molecule has 1 atom stereocenters. The summed E-state index contributed by atoms with van der Waals surface area (Å²) < 4.78 is 0. The summed E-state index contributed by atoms with van der Waals surface area (Å²) in [5.74, 6) is 0.652. The normalized spacial score (nSPS) is 12.8. The number of benzene rings is 1. The minimum atomic E-state index is 0.298. The van der Waals surface area contributed by atoms with Crippen LogP contribution in [-0.4, -0.2) is 19.6 Å². The first-order valence-electron chi connectivity index (χ1n) is 7.27. The van der Waals surface area contributed by atoms with Crippen molar-refractivity contribution in [3.63, 3.8) is 0 Å². The van der Waals surface area contributed by atoms with Crippen LogP contribution in [0.25, 0.3) is 0 Å². The minimum absolute atomic E-state index is 0.298. The molecule has 1 aromatic rings. The summed E-state index contributed by atoms with van der Waals surface area (Å²) in [6, 6.07) is 6.72. The Hall–Kier alpha value is -0.730. The number of anilines is 1. The monoisotopic (exact) mass is 282 g/mol. The topological polar surface area (TPSA) is 15.3 Å². The highest BCUT2D eigenvalue weighted by Crippen LogP contribution is 2.28. The summed E-state index contributed by atoms with van der Waals surface area (Å²) in [6.45, 7) is 14.0. The van der Waals surface area contributed by atoms with E-state index in [4.69, 9.17) is 11.6 Å². The highest BCUT2D eigenvalue weighted by Gasteiger charge is 2.12. The molecule has 0 aliphatic heterocycles. The van der Waals surface area contributed by atoms with E-state index in [1.807, 2.05) is 0 Å². The van der Waals surface area contributed by atoms with Crippen molar-refractivity contribution in [2.24, 2.45) is 5.92 Å². The molecule has 0 aromatic heterocycles. The summed E-state index contributed by atoms with van der Waals surface area (Å²) in [6.07, 6.45) is 0. The molecule has 0 radical (unpaired) electrons. The fourth-order valence-electron chi connectivity index (χ4n) is 2.34. The molecule has 19 heavy (non-hydrogen) atoms. The van der Waals surface area contributed by atoms with Gasteiger partial charge in [-0.25, -0.2) is 0 Å². The van der Waals surface area contributed by atoms with Gasteiger partial charge in [-0.15, -0.1) is 0 Å². The van der Waals surface area contributed by atoms with E-state index in [1.165, 1.54) is 11.3 Å². The molecule has 108 valence electrons. The van der Waals surface area contributed by atoms with Gasteiger partial charge in [-0.3, -0.25) is 0 Å². The first kappa shape index (κ1) is 16.3. The van der Waals surface area contributed by atoms with Crippen LogP contribution in [0.4, 0.5) is 5.69 Å². The molecule has 0 amide bonds. The Kier molecular flexibility index (Phi) is 6.67. The summed E-state index contributed by atoms with van der Waals surface area (Å²) >= 11 is 6.43. The Bertz CT molecular complexity index is 390. The zero-order chi connectivity index (χ0) is 14.4. The first-order chi connectivity index (χ1) is 8.99. The molecule has 0 saturated heterocycles. The van der Waals surface area contributed by atoms with Crippen LogP contribution in [0.5, 0.6) is 0 Å². The van der Waals surface area contributed by atoms with Crippen LogP contribution in [0.3, 0.4) is 0 Å². The molecule has 1 rings (SSSR count). The van der Waals surface area contributed by atoms with Crippen LogP contribution < -0.4 is 10.2 Å². The van der Waals surface area contributed by atoms with E-state index in [-0.39, 0.29) is 0 Å². The number of halogens is 1. The molecule has 0 aliphatic rings. The second-order valence-electron chi connectivity index (χ2n) is 5.42. The third-order valence-corrected chi connectivity index (χ3v) is 3.62. The predicted molar refractivity (Wildman–Crippen MR) is 86.3 cm³/mol. The molecule has 1 aromatic carbocycles. The quantitative estimate of drug-likeness (QED) is 0.792. The molecule has 0 saturated carbocycles. The van der Waals surface area contributed by atoms with Gasteiger partial charge in [-0.2, -0.15) is 0 Å². The van der Waals surface area contributed by atoms with E-state index in [0.29, 0.717) is 12.0 Å². The third-order valence-electron chi connectivity index (χ3n) is 3.29. The second kappa shape index (κ2) is 7.76. The number of hydrogen-bond acceptors (Lipinski definition) is 2. The van der Waals surface area contributed by atoms with Crippen molar-refractivity contribution in [1.29, 1.82) is 0 Å². The lowest BCUT2D eigenvalue weighted by atomic mass is 10.1. The van der Waals surface area contributed by atoms with Gasteiger partial charge < -0.3 is 10.2 Å². The Morgan fingerprint density at radius 3 is 2.37 bits per heavy atom. The molecule has 0 aliphatic carbocycles. The Labute approximate surface area is 123 Å². The van der Waals surface area contributed by atoms with E-state index >= 15 is 0 Å². The van der Waals surface area contributed by atoms with E-state index in [2.05, 4.69) is 63.0 Å². The number of rotatable bonds is 7. The first-order valence-corrected chi connectivity index (χ1v) is 7.65. The van der Waals surface area contributed by atoms with Crippen molar-refractivity contribution in [1.82, 2.24) is 5.32 Å². The maximum absolute atomic E-state index is 6.43. The van der Waals surface area contributed by atoms with Gasteiger partial charge in [-0.05, 0) is 44.0 Å². The molecule has 2 nitrogen and oxygen atoms in total. The Balaban J connectivity index is 2.91. The van der Waals surface area contributed by atoms with Crippen molar-refractivity contribution in [3.05, 3.63) is 28.8 Å². The van der Waals surface area contributed by atoms with Crippen molar-refractivity contribution in [2.45, 2.75) is 40.7 Å². The van der Waals surface area contributed by atoms with Gasteiger partial charge in [0, 0.05) is 29.8 Å². The number of nitrogens with one attached hydrogen (secondary N) is 1. The van der Waals surface area contributed by atoms with Crippen molar-refractivity contribution < 1.29 is 0 Å². The fourth-order valence-corrected chi connectivity index (χ4v) is 2.68. The van der Waals surface area contributed by atoms with Gasteiger partial charge in [0.05, 0.1) is 0 Å². The van der Waals surface area contributed by atoms with Gasteiger partial charge in [0.1, 0.15) is 0 Å². The molecular formula is C16H27ClN2. The average molecular weight is 283 g/mol. The Morgan fingerprint density at radius 1 is 1.21 bits per heavy atom. The standard InChI is InChI=1S/C16H27ClN2/c1-6-18-13(5)15-9-8-14(10-16(15)17)19(7-2)11-12(3)4/h8-10,12-13,18H,6-7,11H2,1-5H3. The van der Waals surface area contributed by atoms with Crippen LogP contribution in [0.15, 0.2) is 18.2 Å². The lowest BCUT2D eigenvalue weighted by Crippen LogP contribution is -2.27. The van der Waals surface area contributed by atoms with Crippen LogP contribution in [0.1, 0.15) is 46.2 Å². The van der Waals surface area contributed by atoms with Gasteiger partial charge in [0.25, 0.3) is 0 Å². The molecule has 1 N–H and O–H groups in total. The van der Waals surface area contributed by atoms with E-state index < -0.39 is 0 Å². The Morgan fingerprint density at radius 2 is 1.89 bits per heavy atom. The maximum atomic E-state index is 6.43. The average Bonchev–Trinajstić information content (AvgIpc) is 2.35. The molecule has 1 unspecified atom stereocenters. The van der Waals surface area contributed by atoms with E-state index in [9.17, 15) is 0 Å². The van der Waals surface area contributed by atoms with Gasteiger partial charge in [0.2, 0.25) is 0 Å². The molecular weight excluding hydrogens is 256 g/mol. The maximum Gasteiger partial charge on any atom is 0.0474 e. The third kappa shape index (κ3) is 4.70. The largest absolute Gasteiger partial charge is 0.372 e.